The molecule has 2 rings (SSSR count). The topological polar surface area (TPSA) is 51.2 Å². The maximum absolute atomic E-state index is 11.6. The van der Waals surface area contributed by atoms with Crippen LogP contribution in [0.4, 0.5) is 5.69 Å². The van der Waals surface area contributed by atoms with E-state index in [1.807, 2.05) is 0 Å². The fraction of sp³-hybridized carbons (Fsp3) is 0.0769. The lowest BCUT2D eigenvalue weighted by molar-refractivity contribution is -0.118. The molecule has 1 N–H and O–H groups in total. The monoisotopic (exact) mass is 340 g/mol. The van der Waals surface area contributed by atoms with E-state index in [0.29, 0.717) is 21.1 Å². The average Bonchev–Trinajstić information content (AvgIpc) is 2.41. The fourth-order valence-corrected chi connectivity index (χ4v) is 1.69. The number of nitrogens with zero attached hydrogens (tertiary/aromatic N) is 1. The molecule has 6 heteroatoms. The molecule has 0 aliphatic rings. The van der Waals surface area contributed by atoms with E-state index in [9.17, 15) is 4.79 Å². The van der Waals surface area contributed by atoms with Gasteiger partial charge >= 0.3 is 0 Å². The van der Waals surface area contributed by atoms with Gasteiger partial charge in [-0.2, -0.15) is 0 Å². The van der Waals surface area contributed by atoms with Crippen LogP contribution in [0.3, 0.4) is 0 Å². The fourth-order valence-electron chi connectivity index (χ4n) is 1.33. The van der Waals surface area contributed by atoms with Crippen LogP contribution in [0.5, 0.6) is 5.75 Å². The Morgan fingerprint density at radius 1 is 1.26 bits per heavy atom. The van der Waals surface area contributed by atoms with E-state index in [2.05, 4.69) is 26.2 Å². The van der Waals surface area contributed by atoms with Crippen molar-refractivity contribution in [1.82, 2.24) is 4.98 Å². The van der Waals surface area contributed by atoms with Gasteiger partial charge in [0, 0.05) is 5.02 Å². The highest BCUT2D eigenvalue weighted by Crippen LogP contribution is 2.15. The van der Waals surface area contributed by atoms with Crippen LogP contribution in [0.25, 0.3) is 0 Å². The minimum Gasteiger partial charge on any atom is -0.484 e. The third kappa shape index (κ3) is 4.54. The molecule has 0 saturated heterocycles. The number of aromatic nitrogens is 1. The van der Waals surface area contributed by atoms with E-state index < -0.39 is 0 Å². The molecule has 0 aliphatic heterocycles. The third-order valence-electron chi connectivity index (χ3n) is 2.19. The van der Waals surface area contributed by atoms with Crippen LogP contribution in [0.2, 0.25) is 5.02 Å². The number of rotatable bonds is 4. The summed E-state index contributed by atoms with van der Waals surface area (Å²) in [6.45, 7) is -0.0717. The molecule has 0 bridgehead atoms. The Bertz CT molecular complexity index is 558. The summed E-state index contributed by atoms with van der Waals surface area (Å²) in [6.07, 6.45) is 1.56. The van der Waals surface area contributed by atoms with Crippen LogP contribution in [0.1, 0.15) is 0 Å². The van der Waals surface area contributed by atoms with Gasteiger partial charge in [-0.15, -0.1) is 0 Å². The van der Waals surface area contributed by atoms with Gasteiger partial charge in [0.1, 0.15) is 10.4 Å². The standard InChI is InChI=1S/C13H10BrClN2O2/c14-12-6-3-10(7-16-12)17-13(18)8-19-11-4-1-9(15)2-5-11/h1-7H,8H2,(H,17,18). The summed E-state index contributed by atoms with van der Waals surface area (Å²) in [5.74, 6) is 0.340. The van der Waals surface area contributed by atoms with Gasteiger partial charge < -0.3 is 10.1 Å². The Morgan fingerprint density at radius 3 is 2.63 bits per heavy atom. The Balaban J connectivity index is 1.84. The molecule has 0 fully saturated rings. The zero-order chi connectivity index (χ0) is 13.7. The van der Waals surface area contributed by atoms with Crippen molar-refractivity contribution in [1.29, 1.82) is 0 Å². The largest absolute Gasteiger partial charge is 0.484 e. The smallest absolute Gasteiger partial charge is 0.262 e. The summed E-state index contributed by atoms with van der Waals surface area (Å²) in [6, 6.07) is 10.3. The predicted molar refractivity (Wildman–Crippen MR) is 77.5 cm³/mol. The number of anilines is 1. The Labute approximate surface area is 123 Å². The van der Waals surface area contributed by atoms with Crippen molar-refractivity contribution in [2.24, 2.45) is 0 Å². The average molecular weight is 342 g/mol. The lowest BCUT2D eigenvalue weighted by Crippen LogP contribution is -2.20. The predicted octanol–water partition coefficient (Wildman–Crippen LogP) is 3.52. The van der Waals surface area contributed by atoms with Gasteiger partial charge in [-0.3, -0.25) is 4.79 Å². The first-order valence-corrected chi connectivity index (χ1v) is 6.60. The quantitative estimate of drug-likeness (QED) is 0.866. The molecule has 1 amide bonds. The molecule has 0 saturated carbocycles. The number of pyridine rings is 1. The maximum atomic E-state index is 11.6. The van der Waals surface area contributed by atoms with Gasteiger partial charge in [-0.1, -0.05) is 11.6 Å². The van der Waals surface area contributed by atoms with Gasteiger partial charge in [0.2, 0.25) is 0 Å². The molecule has 1 aromatic heterocycles. The Hall–Kier alpha value is -1.59. The van der Waals surface area contributed by atoms with Crippen molar-refractivity contribution in [3.05, 3.63) is 52.2 Å². The number of ether oxygens (including phenoxy) is 1. The number of halogens is 2. The van der Waals surface area contributed by atoms with Crippen LogP contribution < -0.4 is 10.1 Å². The van der Waals surface area contributed by atoms with E-state index in [-0.39, 0.29) is 12.5 Å². The summed E-state index contributed by atoms with van der Waals surface area (Å²) in [5.41, 5.74) is 0.618. The summed E-state index contributed by atoms with van der Waals surface area (Å²) in [4.78, 5) is 15.6. The highest BCUT2D eigenvalue weighted by molar-refractivity contribution is 9.10. The van der Waals surface area contributed by atoms with Crippen LogP contribution in [0.15, 0.2) is 47.2 Å². The van der Waals surface area contributed by atoms with E-state index in [1.54, 1.807) is 42.6 Å². The van der Waals surface area contributed by atoms with Crippen LogP contribution in [-0.2, 0) is 4.79 Å². The third-order valence-corrected chi connectivity index (χ3v) is 2.92. The zero-order valence-electron chi connectivity index (χ0n) is 9.77. The minimum absolute atomic E-state index is 0.0717. The van der Waals surface area contributed by atoms with Crippen LogP contribution >= 0.6 is 27.5 Å². The van der Waals surface area contributed by atoms with Crippen LogP contribution in [-0.4, -0.2) is 17.5 Å². The molecule has 1 aromatic carbocycles. The molecular formula is C13H10BrClN2O2. The molecule has 0 aliphatic carbocycles. The first-order chi connectivity index (χ1) is 9.13. The van der Waals surface area contributed by atoms with Crippen molar-refractivity contribution in [2.75, 3.05) is 11.9 Å². The van der Waals surface area contributed by atoms with E-state index >= 15 is 0 Å². The van der Waals surface area contributed by atoms with Gasteiger partial charge in [-0.25, -0.2) is 4.98 Å². The summed E-state index contributed by atoms with van der Waals surface area (Å²) in [5, 5.41) is 3.30. The molecule has 0 atom stereocenters. The molecule has 98 valence electrons. The normalized spacial score (nSPS) is 10.0. The molecule has 0 spiro atoms. The number of amides is 1. The molecule has 0 unspecified atom stereocenters. The van der Waals surface area contributed by atoms with Crippen LogP contribution in [0, 0.1) is 0 Å². The highest BCUT2D eigenvalue weighted by atomic mass is 79.9. The van der Waals surface area contributed by atoms with Crippen molar-refractivity contribution in [3.8, 4) is 5.75 Å². The number of benzene rings is 1. The van der Waals surface area contributed by atoms with Crippen molar-refractivity contribution < 1.29 is 9.53 Å². The SMILES string of the molecule is O=C(COc1ccc(Cl)cc1)Nc1ccc(Br)nc1. The van der Waals surface area contributed by atoms with Crippen molar-refractivity contribution in [3.63, 3.8) is 0 Å². The van der Waals surface area contributed by atoms with Gasteiger partial charge in [0.25, 0.3) is 5.91 Å². The lowest BCUT2D eigenvalue weighted by Gasteiger charge is -2.07. The second-order valence-corrected chi connectivity index (χ2v) is 4.91. The maximum Gasteiger partial charge on any atom is 0.262 e. The molecule has 1 heterocycles. The van der Waals surface area contributed by atoms with E-state index in [4.69, 9.17) is 16.3 Å². The molecule has 2 aromatic rings. The molecule has 4 nitrogen and oxygen atoms in total. The summed E-state index contributed by atoms with van der Waals surface area (Å²) < 4.78 is 6.03. The Kier molecular flexibility index (Phi) is 4.76. The number of nitrogens with one attached hydrogen (secondary N) is 1. The number of carbonyl (C=O) groups excluding carboxylic acids is 1. The first-order valence-electron chi connectivity index (χ1n) is 5.43. The molecule has 19 heavy (non-hydrogen) atoms. The summed E-state index contributed by atoms with van der Waals surface area (Å²) in [7, 11) is 0. The van der Waals surface area contributed by atoms with E-state index in [0.717, 1.165) is 0 Å². The minimum atomic E-state index is -0.251. The van der Waals surface area contributed by atoms with Crippen molar-refractivity contribution in [2.45, 2.75) is 0 Å². The second-order valence-electron chi connectivity index (χ2n) is 3.66. The van der Waals surface area contributed by atoms with Gasteiger partial charge in [0.15, 0.2) is 6.61 Å². The summed E-state index contributed by atoms with van der Waals surface area (Å²) >= 11 is 8.97. The van der Waals surface area contributed by atoms with Gasteiger partial charge in [-0.05, 0) is 52.3 Å². The lowest BCUT2D eigenvalue weighted by atomic mass is 10.3. The molecular weight excluding hydrogens is 332 g/mol. The van der Waals surface area contributed by atoms with E-state index in [1.165, 1.54) is 0 Å². The molecule has 0 radical (unpaired) electrons. The second kappa shape index (κ2) is 6.54. The highest BCUT2D eigenvalue weighted by Gasteiger charge is 2.04. The van der Waals surface area contributed by atoms with Crippen molar-refractivity contribution >= 4 is 39.1 Å². The van der Waals surface area contributed by atoms with Gasteiger partial charge in [0.05, 0.1) is 11.9 Å². The Morgan fingerprint density at radius 2 is 2.00 bits per heavy atom. The number of hydrogen-bond acceptors (Lipinski definition) is 3. The first kappa shape index (κ1) is 13.8. The number of hydrogen-bond donors (Lipinski definition) is 1. The zero-order valence-corrected chi connectivity index (χ0v) is 12.1. The number of carbonyl (C=O) groups is 1.